The van der Waals surface area contributed by atoms with Crippen molar-refractivity contribution in [1.29, 1.82) is 0 Å². The molecule has 2 fully saturated rings. The molecule has 0 radical (unpaired) electrons. The minimum Gasteiger partial charge on any atom is -0.366 e. The fourth-order valence-corrected chi connectivity index (χ4v) is 4.11. The van der Waals surface area contributed by atoms with E-state index in [1.165, 1.54) is 12.8 Å². The van der Waals surface area contributed by atoms with Gasteiger partial charge in [0.25, 0.3) is 0 Å². The summed E-state index contributed by atoms with van der Waals surface area (Å²) in [5.41, 5.74) is 3.82. The van der Waals surface area contributed by atoms with Crippen LogP contribution in [0.5, 0.6) is 0 Å². The molecule has 3 aromatic heterocycles. The van der Waals surface area contributed by atoms with Crippen LogP contribution in [-0.4, -0.2) is 49.3 Å². The summed E-state index contributed by atoms with van der Waals surface area (Å²) in [6.45, 7) is 2.06. The monoisotopic (exact) mass is 388 g/mol. The van der Waals surface area contributed by atoms with Gasteiger partial charge in [-0.2, -0.15) is 10.2 Å². The first kappa shape index (κ1) is 16.9. The van der Waals surface area contributed by atoms with Gasteiger partial charge < -0.3 is 10.6 Å². The minimum absolute atomic E-state index is 0.0174. The van der Waals surface area contributed by atoms with Gasteiger partial charge in [-0.3, -0.25) is 9.67 Å². The van der Waals surface area contributed by atoms with E-state index in [-0.39, 0.29) is 6.04 Å². The minimum atomic E-state index is 0.0174. The largest absolute Gasteiger partial charge is 0.366 e. The fourth-order valence-electron chi connectivity index (χ4n) is 4.11. The first-order valence-electron chi connectivity index (χ1n) is 10.4. The van der Waals surface area contributed by atoms with Gasteiger partial charge in [-0.1, -0.05) is 6.08 Å². The molecule has 2 unspecified atom stereocenters. The third-order valence-electron chi connectivity index (χ3n) is 5.89. The molecule has 6 rings (SSSR count). The highest BCUT2D eigenvalue weighted by atomic mass is 15.3. The molecule has 2 N–H and O–H groups in total. The summed E-state index contributed by atoms with van der Waals surface area (Å²) in [6.07, 6.45) is 14.6. The molecule has 0 amide bonds. The van der Waals surface area contributed by atoms with Gasteiger partial charge in [0.1, 0.15) is 5.84 Å². The molecule has 0 aromatic carbocycles. The van der Waals surface area contributed by atoms with Crippen molar-refractivity contribution in [3.63, 3.8) is 0 Å². The van der Waals surface area contributed by atoms with Gasteiger partial charge in [0.15, 0.2) is 5.65 Å². The van der Waals surface area contributed by atoms with E-state index in [1.807, 2.05) is 29.0 Å². The van der Waals surface area contributed by atoms with Crippen molar-refractivity contribution in [2.45, 2.75) is 43.8 Å². The molecule has 1 aliphatic carbocycles. The van der Waals surface area contributed by atoms with E-state index < -0.39 is 0 Å². The van der Waals surface area contributed by atoms with Crippen LogP contribution < -0.4 is 10.6 Å². The van der Waals surface area contributed by atoms with E-state index in [2.05, 4.69) is 43.7 Å². The zero-order valence-corrected chi connectivity index (χ0v) is 16.2. The molecule has 8 heteroatoms. The van der Waals surface area contributed by atoms with Crippen LogP contribution in [0.15, 0.2) is 47.9 Å². The molecule has 0 spiro atoms. The van der Waals surface area contributed by atoms with Gasteiger partial charge >= 0.3 is 0 Å². The van der Waals surface area contributed by atoms with Gasteiger partial charge in [0.05, 0.1) is 35.9 Å². The Kier molecular flexibility index (Phi) is 3.97. The average Bonchev–Trinajstić information content (AvgIpc) is 3.13. The summed E-state index contributed by atoms with van der Waals surface area (Å²) in [7, 11) is 0. The van der Waals surface area contributed by atoms with Crippen LogP contribution in [0.25, 0.3) is 16.9 Å². The molecule has 3 aliphatic rings. The van der Waals surface area contributed by atoms with E-state index in [1.54, 1.807) is 0 Å². The average molecular weight is 388 g/mol. The van der Waals surface area contributed by atoms with Crippen LogP contribution in [0.1, 0.15) is 43.5 Å². The Labute approximate surface area is 168 Å². The fraction of sp³-hybridized carbons (Fsp3) is 0.429. The molecule has 5 heterocycles. The van der Waals surface area contributed by atoms with E-state index in [4.69, 9.17) is 10.1 Å². The molecule has 1 saturated carbocycles. The van der Waals surface area contributed by atoms with Crippen LogP contribution in [0, 0.1) is 0 Å². The number of nitrogens with zero attached hydrogens (tertiary/aromatic N) is 6. The van der Waals surface area contributed by atoms with Crippen molar-refractivity contribution in [3.05, 3.63) is 48.6 Å². The van der Waals surface area contributed by atoms with Crippen LogP contribution in [0.2, 0.25) is 0 Å². The van der Waals surface area contributed by atoms with Gasteiger partial charge in [-0.15, -0.1) is 0 Å². The summed E-state index contributed by atoms with van der Waals surface area (Å²) in [4.78, 5) is 9.51. The maximum Gasteiger partial charge on any atom is 0.153 e. The number of imidazole rings is 1. The third kappa shape index (κ3) is 3.23. The van der Waals surface area contributed by atoms with Gasteiger partial charge in [0.2, 0.25) is 0 Å². The molecule has 29 heavy (non-hydrogen) atoms. The molecule has 148 valence electrons. The molecule has 2 aliphatic heterocycles. The van der Waals surface area contributed by atoms with Crippen LogP contribution >= 0.6 is 0 Å². The molecule has 2 atom stereocenters. The van der Waals surface area contributed by atoms with Gasteiger partial charge in [-0.25, -0.2) is 9.50 Å². The summed E-state index contributed by atoms with van der Waals surface area (Å²) in [5, 5.41) is 16.3. The number of fused-ring (bicyclic) bond motifs is 1. The maximum atomic E-state index is 4.95. The van der Waals surface area contributed by atoms with E-state index in [0.29, 0.717) is 12.1 Å². The third-order valence-corrected chi connectivity index (χ3v) is 5.89. The predicted octanol–water partition coefficient (Wildman–Crippen LogP) is 2.28. The van der Waals surface area contributed by atoms with Crippen LogP contribution in [0.4, 0.5) is 0 Å². The smallest absolute Gasteiger partial charge is 0.153 e. The lowest BCUT2D eigenvalue weighted by Gasteiger charge is -2.19. The van der Waals surface area contributed by atoms with Crippen molar-refractivity contribution in [2.75, 3.05) is 13.1 Å². The second-order valence-electron chi connectivity index (χ2n) is 8.11. The van der Waals surface area contributed by atoms with Crippen molar-refractivity contribution >= 4 is 11.5 Å². The van der Waals surface area contributed by atoms with Crippen molar-refractivity contribution in [3.8, 4) is 11.3 Å². The Bertz CT molecular complexity index is 1100. The SMILES string of the molecule is C1=CC(NC2CCNC2)=NC(c2cnc3ccc(-c4cnn(C5CC5)c4)nn23)C1. The summed E-state index contributed by atoms with van der Waals surface area (Å²) in [6, 6.07) is 5.08. The number of hydrogen-bond donors (Lipinski definition) is 2. The highest BCUT2D eigenvalue weighted by molar-refractivity contribution is 5.94. The lowest BCUT2D eigenvalue weighted by Crippen LogP contribution is -2.36. The van der Waals surface area contributed by atoms with Gasteiger partial charge in [0, 0.05) is 24.3 Å². The standard InChI is InChI=1S/C21H24N8/c1-2-18(26-20(3-1)25-15-8-9-22-11-15)19-12-23-21-7-6-17(27-29(19)21)14-10-24-28(13-14)16-4-5-16/h1,3,6-7,10,12-13,15-16,18,22H,2,4-5,8-9,11H2,(H,25,26). The van der Waals surface area contributed by atoms with Crippen molar-refractivity contribution in [2.24, 2.45) is 4.99 Å². The first-order chi connectivity index (χ1) is 14.3. The predicted molar refractivity (Wildman–Crippen MR) is 111 cm³/mol. The van der Waals surface area contributed by atoms with Crippen molar-refractivity contribution < 1.29 is 0 Å². The number of aromatic nitrogens is 5. The van der Waals surface area contributed by atoms with Gasteiger partial charge in [-0.05, 0) is 50.4 Å². The normalized spacial score (nSPS) is 24.2. The molecular formula is C21H24N8. The maximum absolute atomic E-state index is 4.95. The number of rotatable bonds is 4. The molecule has 1 saturated heterocycles. The molecule has 3 aromatic rings. The number of hydrogen-bond acceptors (Lipinski definition) is 6. The highest BCUT2D eigenvalue weighted by Crippen LogP contribution is 2.35. The molecular weight excluding hydrogens is 364 g/mol. The second-order valence-corrected chi connectivity index (χ2v) is 8.11. The topological polar surface area (TPSA) is 84.4 Å². The Morgan fingerprint density at radius 3 is 2.97 bits per heavy atom. The Morgan fingerprint density at radius 2 is 2.10 bits per heavy atom. The quantitative estimate of drug-likeness (QED) is 0.716. The lowest BCUT2D eigenvalue weighted by atomic mass is 10.1. The first-order valence-corrected chi connectivity index (χ1v) is 10.4. The van der Waals surface area contributed by atoms with E-state index in [9.17, 15) is 0 Å². The van der Waals surface area contributed by atoms with Crippen LogP contribution in [0.3, 0.4) is 0 Å². The number of nitrogens with one attached hydrogen (secondary N) is 2. The van der Waals surface area contributed by atoms with Crippen molar-refractivity contribution in [1.82, 2.24) is 35.0 Å². The summed E-state index contributed by atoms with van der Waals surface area (Å²) < 4.78 is 3.99. The number of dihydropyridines is 1. The zero-order valence-electron chi connectivity index (χ0n) is 16.2. The Balaban J connectivity index is 1.31. The number of amidine groups is 1. The highest BCUT2D eigenvalue weighted by Gasteiger charge is 2.25. The van der Waals surface area contributed by atoms with Crippen LogP contribution in [-0.2, 0) is 0 Å². The van der Waals surface area contributed by atoms with E-state index in [0.717, 1.165) is 54.4 Å². The lowest BCUT2D eigenvalue weighted by molar-refractivity contribution is 0.635. The summed E-state index contributed by atoms with van der Waals surface area (Å²) >= 11 is 0. The molecule has 0 bridgehead atoms. The zero-order chi connectivity index (χ0) is 19.2. The second kappa shape index (κ2) is 6.81. The Morgan fingerprint density at radius 1 is 1.14 bits per heavy atom. The van der Waals surface area contributed by atoms with E-state index >= 15 is 0 Å². The molecule has 8 nitrogen and oxygen atoms in total. The summed E-state index contributed by atoms with van der Waals surface area (Å²) in [5.74, 6) is 0.951. The number of aliphatic imine (C=N–C) groups is 1. The Hall–Kier alpha value is -3.00.